The molecule has 1 N–H and O–H groups in total. The van der Waals surface area contributed by atoms with Crippen molar-refractivity contribution in [2.24, 2.45) is 0 Å². The van der Waals surface area contributed by atoms with E-state index >= 15 is 0 Å². The highest BCUT2D eigenvalue weighted by molar-refractivity contribution is 7.17. The Bertz CT molecular complexity index is 608. The Balaban J connectivity index is 2.40. The Labute approximate surface area is 136 Å². The maximum Gasteiger partial charge on any atom is 0.471 e. The van der Waals surface area contributed by atoms with Crippen LogP contribution in [0.25, 0.3) is 0 Å². The number of carbonyl (C=O) groups excluding carboxylic acids is 2. The summed E-state index contributed by atoms with van der Waals surface area (Å²) in [4.78, 5) is 24.4. The fraction of sp³-hybridized carbons (Fsp3) is 0.600. The van der Waals surface area contributed by atoms with E-state index in [1.807, 2.05) is 5.32 Å². The molecule has 0 atom stereocenters. The van der Waals surface area contributed by atoms with Gasteiger partial charge in [0.15, 0.2) is 0 Å². The number of ether oxygens (including phenoxy) is 1. The molecule has 0 saturated heterocycles. The van der Waals surface area contributed by atoms with E-state index in [1.165, 1.54) is 0 Å². The first-order valence-electron chi connectivity index (χ1n) is 7.44. The lowest BCUT2D eigenvalue weighted by Crippen LogP contribution is -2.30. The number of esters is 1. The van der Waals surface area contributed by atoms with Crippen LogP contribution in [0.5, 0.6) is 0 Å². The molecule has 1 aliphatic rings. The number of hydrogen-bond donors (Lipinski definition) is 1. The number of aryl methyl sites for hydroxylation is 1. The molecule has 8 heteroatoms. The van der Waals surface area contributed by atoms with Gasteiger partial charge in [0.25, 0.3) is 0 Å². The van der Waals surface area contributed by atoms with Crippen LogP contribution in [0.1, 0.15) is 53.9 Å². The Morgan fingerprint density at radius 2 is 1.83 bits per heavy atom. The van der Waals surface area contributed by atoms with Crippen LogP contribution in [0.15, 0.2) is 0 Å². The minimum absolute atomic E-state index is 0.0649. The molecule has 128 valence electrons. The molecule has 0 saturated carbocycles. The molecule has 1 aliphatic carbocycles. The quantitative estimate of drug-likeness (QED) is 0.661. The molecule has 0 unspecified atom stereocenters. The Kier molecular flexibility index (Phi) is 5.33. The van der Waals surface area contributed by atoms with Gasteiger partial charge in [0.05, 0.1) is 11.7 Å². The van der Waals surface area contributed by atoms with Crippen molar-refractivity contribution >= 4 is 28.2 Å². The molecule has 23 heavy (non-hydrogen) atoms. The zero-order valence-corrected chi connectivity index (χ0v) is 13.7. The van der Waals surface area contributed by atoms with Crippen LogP contribution in [0, 0.1) is 0 Å². The normalized spacial score (nSPS) is 15.0. The predicted molar refractivity (Wildman–Crippen MR) is 80.8 cm³/mol. The van der Waals surface area contributed by atoms with Gasteiger partial charge in [-0.05, 0) is 45.1 Å². The summed E-state index contributed by atoms with van der Waals surface area (Å²) in [6.07, 6.45) is -1.31. The predicted octanol–water partition coefficient (Wildman–Crippen LogP) is 4.08. The third-order valence-corrected chi connectivity index (χ3v) is 4.66. The van der Waals surface area contributed by atoms with E-state index in [4.69, 9.17) is 4.74 Å². The van der Waals surface area contributed by atoms with E-state index in [0.717, 1.165) is 41.0 Å². The molecular weight excluding hydrogens is 331 g/mol. The van der Waals surface area contributed by atoms with E-state index in [2.05, 4.69) is 0 Å². The monoisotopic (exact) mass is 349 g/mol. The zero-order chi connectivity index (χ0) is 17.2. The van der Waals surface area contributed by atoms with Gasteiger partial charge in [-0.1, -0.05) is 6.42 Å². The summed E-state index contributed by atoms with van der Waals surface area (Å²) in [5.74, 6) is -2.76. The highest BCUT2D eigenvalue weighted by Gasteiger charge is 2.40. The van der Waals surface area contributed by atoms with Crippen molar-refractivity contribution < 1.29 is 27.5 Å². The van der Waals surface area contributed by atoms with Crippen LogP contribution in [0.2, 0.25) is 0 Å². The van der Waals surface area contributed by atoms with Gasteiger partial charge in [-0.2, -0.15) is 13.2 Å². The minimum atomic E-state index is -5.00. The number of anilines is 1. The topological polar surface area (TPSA) is 55.4 Å². The van der Waals surface area contributed by atoms with Crippen molar-refractivity contribution in [3.8, 4) is 0 Å². The van der Waals surface area contributed by atoms with Gasteiger partial charge in [0, 0.05) is 4.88 Å². The standard InChI is InChI=1S/C15H18F3NO3S/c1-8(2)22-13(20)11-9-6-4-3-5-7-10(9)23-12(11)19-14(21)15(16,17)18/h8H,3-7H2,1-2H3,(H,19,21). The third kappa shape index (κ3) is 4.25. The molecule has 1 heterocycles. The van der Waals surface area contributed by atoms with Gasteiger partial charge in [0.1, 0.15) is 5.00 Å². The smallest absolute Gasteiger partial charge is 0.459 e. The Hall–Kier alpha value is -1.57. The second-order valence-electron chi connectivity index (χ2n) is 5.67. The number of amides is 1. The average molecular weight is 349 g/mol. The minimum Gasteiger partial charge on any atom is -0.459 e. The molecule has 0 spiro atoms. The van der Waals surface area contributed by atoms with E-state index < -0.39 is 24.2 Å². The van der Waals surface area contributed by atoms with Crippen molar-refractivity contribution in [3.63, 3.8) is 0 Å². The summed E-state index contributed by atoms with van der Waals surface area (Å²) in [6.45, 7) is 3.33. The number of hydrogen-bond acceptors (Lipinski definition) is 4. The molecule has 1 amide bonds. The lowest BCUT2D eigenvalue weighted by atomic mass is 10.1. The zero-order valence-electron chi connectivity index (χ0n) is 12.9. The largest absolute Gasteiger partial charge is 0.471 e. The lowest BCUT2D eigenvalue weighted by molar-refractivity contribution is -0.167. The van der Waals surface area contributed by atoms with Crippen LogP contribution >= 0.6 is 11.3 Å². The highest BCUT2D eigenvalue weighted by Crippen LogP contribution is 2.38. The number of halogens is 3. The Morgan fingerprint density at radius 1 is 1.17 bits per heavy atom. The van der Waals surface area contributed by atoms with E-state index in [9.17, 15) is 22.8 Å². The van der Waals surface area contributed by atoms with E-state index in [-0.39, 0.29) is 10.6 Å². The number of thiophene rings is 1. The second kappa shape index (κ2) is 6.90. The SMILES string of the molecule is CC(C)OC(=O)c1c(NC(=O)C(F)(F)F)sc2c1CCCCC2. The molecule has 0 fully saturated rings. The van der Waals surface area contributed by atoms with Gasteiger partial charge in [-0.15, -0.1) is 11.3 Å². The highest BCUT2D eigenvalue weighted by atomic mass is 32.1. The van der Waals surface area contributed by atoms with Gasteiger partial charge >= 0.3 is 18.1 Å². The van der Waals surface area contributed by atoms with Crippen molar-refractivity contribution in [1.29, 1.82) is 0 Å². The third-order valence-electron chi connectivity index (χ3n) is 3.45. The first-order valence-corrected chi connectivity index (χ1v) is 8.25. The summed E-state index contributed by atoms with van der Waals surface area (Å²) < 4.78 is 42.7. The summed E-state index contributed by atoms with van der Waals surface area (Å²) in [5.41, 5.74) is 0.800. The molecule has 0 bridgehead atoms. The molecule has 0 radical (unpaired) electrons. The molecule has 0 aromatic carbocycles. The number of fused-ring (bicyclic) bond motifs is 1. The summed E-state index contributed by atoms with van der Waals surface area (Å²) in [6, 6.07) is 0. The fourth-order valence-electron chi connectivity index (χ4n) is 2.49. The molecule has 0 aliphatic heterocycles. The first kappa shape index (κ1) is 17.8. The first-order chi connectivity index (χ1) is 10.7. The molecule has 1 aromatic heterocycles. The molecule has 2 rings (SSSR count). The van der Waals surface area contributed by atoms with E-state index in [0.29, 0.717) is 12.8 Å². The number of nitrogens with one attached hydrogen (secondary N) is 1. The molecule has 1 aromatic rings. The Morgan fingerprint density at radius 3 is 2.43 bits per heavy atom. The van der Waals surface area contributed by atoms with Gasteiger partial charge in [0.2, 0.25) is 0 Å². The van der Waals surface area contributed by atoms with Crippen LogP contribution in [0.3, 0.4) is 0 Å². The maximum atomic E-state index is 12.5. The number of alkyl halides is 3. The van der Waals surface area contributed by atoms with Crippen molar-refractivity contribution in [2.45, 2.75) is 58.2 Å². The maximum absolute atomic E-state index is 12.5. The summed E-state index contributed by atoms with van der Waals surface area (Å²) in [7, 11) is 0. The van der Waals surface area contributed by atoms with Crippen LogP contribution in [0.4, 0.5) is 18.2 Å². The molecule has 4 nitrogen and oxygen atoms in total. The van der Waals surface area contributed by atoms with Crippen LogP contribution in [-0.4, -0.2) is 24.2 Å². The fourth-order valence-corrected chi connectivity index (χ4v) is 3.77. The lowest BCUT2D eigenvalue weighted by Gasteiger charge is -2.12. The van der Waals surface area contributed by atoms with Gasteiger partial charge < -0.3 is 10.1 Å². The number of rotatable bonds is 3. The molecular formula is C15H18F3NO3S. The van der Waals surface area contributed by atoms with Gasteiger partial charge in [-0.25, -0.2) is 4.79 Å². The van der Waals surface area contributed by atoms with Crippen LogP contribution < -0.4 is 5.32 Å². The van der Waals surface area contributed by atoms with E-state index in [1.54, 1.807) is 13.8 Å². The van der Waals surface area contributed by atoms with Crippen molar-refractivity contribution in [3.05, 3.63) is 16.0 Å². The van der Waals surface area contributed by atoms with Crippen LogP contribution in [-0.2, 0) is 22.4 Å². The second-order valence-corrected chi connectivity index (χ2v) is 6.78. The summed E-state index contributed by atoms with van der Waals surface area (Å²) in [5, 5.41) is 1.77. The summed E-state index contributed by atoms with van der Waals surface area (Å²) >= 11 is 1.04. The van der Waals surface area contributed by atoms with Crippen molar-refractivity contribution in [2.75, 3.05) is 5.32 Å². The van der Waals surface area contributed by atoms with Gasteiger partial charge in [-0.3, -0.25) is 4.79 Å². The van der Waals surface area contributed by atoms with Crippen molar-refractivity contribution in [1.82, 2.24) is 0 Å². The average Bonchev–Trinajstić information content (AvgIpc) is 2.59. The number of carbonyl (C=O) groups is 2.